The highest BCUT2D eigenvalue weighted by molar-refractivity contribution is 5.77. The number of hydrogen-bond acceptors (Lipinski definition) is 4. The van der Waals surface area contributed by atoms with E-state index >= 15 is 0 Å². The second kappa shape index (κ2) is 6.98. The van der Waals surface area contributed by atoms with Gasteiger partial charge in [-0.05, 0) is 13.3 Å². The molecule has 0 heterocycles. The molecule has 0 aromatic heterocycles. The summed E-state index contributed by atoms with van der Waals surface area (Å²) in [6.07, 6.45) is 2.05. The van der Waals surface area contributed by atoms with Gasteiger partial charge in [0, 0.05) is 19.2 Å². The van der Waals surface area contributed by atoms with Gasteiger partial charge in [0.25, 0.3) is 0 Å². The summed E-state index contributed by atoms with van der Waals surface area (Å²) in [4.78, 5) is 10.6. The van der Waals surface area contributed by atoms with E-state index in [-0.39, 0.29) is 0 Å². The van der Waals surface area contributed by atoms with Crippen LogP contribution in [0.3, 0.4) is 0 Å². The van der Waals surface area contributed by atoms with Crippen molar-refractivity contribution in [2.45, 2.75) is 25.3 Å². The summed E-state index contributed by atoms with van der Waals surface area (Å²) in [5.74, 6) is 4.63. The van der Waals surface area contributed by atoms with Gasteiger partial charge in [-0.2, -0.15) is 0 Å². The van der Waals surface area contributed by atoms with E-state index in [4.69, 9.17) is 16.2 Å². The molecule has 0 saturated carbocycles. The van der Waals surface area contributed by atoms with E-state index in [9.17, 15) is 4.79 Å². The molecule has 1 atom stereocenters. The molecule has 0 bridgehead atoms. The largest absolute Gasteiger partial charge is 0.480 e. The fourth-order valence-electron chi connectivity index (χ4n) is 0.787. The Balaban J connectivity index is 3.68. The monoisotopic (exact) mass is 211 g/mol. The lowest BCUT2D eigenvalue weighted by atomic mass is 9.98. The smallest absolute Gasteiger partial charge is 0.323 e. The minimum absolute atomic E-state index is 0.333. The third-order valence-corrected chi connectivity index (χ3v) is 1.84. The van der Waals surface area contributed by atoms with E-state index in [0.717, 1.165) is 0 Å². The topological polar surface area (TPSA) is 99.2 Å². The Bertz CT molecular complexity index is 276. The summed E-state index contributed by atoms with van der Waals surface area (Å²) in [5.41, 5.74) is 4.31. The van der Waals surface area contributed by atoms with Crippen molar-refractivity contribution in [2.24, 2.45) is 5.73 Å². The zero-order valence-electron chi connectivity index (χ0n) is 8.84. The third-order valence-electron chi connectivity index (χ3n) is 1.84. The number of rotatable bonds is 6. The third kappa shape index (κ3) is 6.66. The lowest BCUT2D eigenvalue weighted by Crippen LogP contribution is -2.44. The number of aliphatic carboxylic acids is 1. The molecular formula is C10H17N3O2. The van der Waals surface area contributed by atoms with Crippen LogP contribution in [0.4, 0.5) is 0 Å². The quantitative estimate of drug-likeness (QED) is 0.278. The second-order valence-corrected chi connectivity index (χ2v) is 3.41. The molecule has 0 aromatic carbocycles. The molecular weight excluding hydrogens is 194 g/mol. The molecule has 5 N–H and O–H groups in total. The number of carbonyl (C=O) groups is 1. The molecule has 0 unspecified atom stereocenters. The maximum atomic E-state index is 10.6. The molecule has 0 aromatic rings. The molecule has 0 aliphatic rings. The Labute approximate surface area is 89.6 Å². The van der Waals surface area contributed by atoms with Crippen molar-refractivity contribution in [3.05, 3.63) is 0 Å². The van der Waals surface area contributed by atoms with Crippen molar-refractivity contribution in [1.82, 2.24) is 5.32 Å². The van der Waals surface area contributed by atoms with E-state index in [2.05, 4.69) is 17.2 Å². The van der Waals surface area contributed by atoms with Gasteiger partial charge in [0.1, 0.15) is 5.54 Å². The van der Waals surface area contributed by atoms with Crippen LogP contribution in [0.5, 0.6) is 0 Å². The molecule has 0 spiro atoms. The molecule has 0 radical (unpaired) electrons. The van der Waals surface area contributed by atoms with Crippen molar-refractivity contribution in [3.8, 4) is 11.8 Å². The van der Waals surface area contributed by atoms with Crippen molar-refractivity contribution < 1.29 is 9.90 Å². The summed E-state index contributed by atoms with van der Waals surface area (Å²) in [7, 11) is 0. The predicted octanol–water partition coefficient (Wildman–Crippen LogP) is -0.189. The van der Waals surface area contributed by atoms with E-state index in [1.807, 2.05) is 0 Å². The van der Waals surface area contributed by atoms with E-state index < -0.39 is 11.5 Å². The Morgan fingerprint density at radius 2 is 2.33 bits per heavy atom. The number of nitrogens with one attached hydrogen (secondary N) is 2. The van der Waals surface area contributed by atoms with Gasteiger partial charge in [0.05, 0.1) is 6.54 Å². The minimum Gasteiger partial charge on any atom is -0.480 e. The lowest BCUT2D eigenvalue weighted by Gasteiger charge is -2.16. The molecule has 5 nitrogen and oxygen atoms in total. The summed E-state index contributed by atoms with van der Waals surface area (Å²) in [5, 5.41) is 18.3. The Kier molecular flexibility index (Phi) is 6.34. The second-order valence-electron chi connectivity index (χ2n) is 3.41. The molecule has 0 aliphatic heterocycles. The minimum atomic E-state index is -1.20. The predicted molar refractivity (Wildman–Crippen MR) is 58.9 cm³/mol. The van der Waals surface area contributed by atoms with Gasteiger partial charge in [-0.3, -0.25) is 4.79 Å². The first-order chi connectivity index (χ1) is 7.00. The fraction of sp³-hybridized carbons (Fsp3) is 0.600. The van der Waals surface area contributed by atoms with Crippen LogP contribution in [0.1, 0.15) is 19.8 Å². The van der Waals surface area contributed by atoms with Gasteiger partial charge in [0.2, 0.25) is 0 Å². The maximum Gasteiger partial charge on any atom is 0.323 e. The Morgan fingerprint density at radius 1 is 1.67 bits per heavy atom. The zero-order valence-corrected chi connectivity index (χ0v) is 8.84. The van der Waals surface area contributed by atoms with Gasteiger partial charge in [-0.1, -0.05) is 5.92 Å². The molecule has 0 rings (SSSR count). The lowest BCUT2D eigenvalue weighted by molar-refractivity contribution is -0.142. The van der Waals surface area contributed by atoms with Gasteiger partial charge in [-0.15, -0.1) is 5.92 Å². The van der Waals surface area contributed by atoms with Crippen LogP contribution in [0, 0.1) is 17.3 Å². The van der Waals surface area contributed by atoms with Crippen molar-refractivity contribution in [3.63, 3.8) is 0 Å². The van der Waals surface area contributed by atoms with Gasteiger partial charge in [-0.25, -0.2) is 0 Å². The fourth-order valence-corrected chi connectivity index (χ4v) is 0.787. The van der Waals surface area contributed by atoms with E-state index in [1.165, 1.54) is 13.1 Å². The van der Waals surface area contributed by atoms with Crippen molar-refractivity contribution in [1.29, 1.82) is 5.41 Å². The Morgan fingerprint density at radius 3 is 2.87 bits per heavy atom. The average molecular weight is 211 g/mol. The summed E-state index contributed by atoms with van der Waals surface area (Å²) < 4.78 is 0. The highest BCUT2D eigenvalue weighted by atomic mass is 16.4. The molecule has 0 saturated heterocycles. The van der Waals surface area contributed by atoms with Crippen LogP contribution >= 0.6 is 0 Å². The summed E-state index contributed by atoms with van der Waals surface area (Å²) in [6.45, 7) is 2.48. The Hall–Kier alpha value is -1.38. The summed E-state index contributed by atoms with van der Waals surface area (Å²) >= 11 is 0. The molecule has 0 amide bonds. The van der Waals surface area contributed by atoms with Crippen LogP contribution in [-0.2, 0) is 4.79 Å². The average Bonchev–Trinajstić information content (AvgIpc) is 2.16. The number of nitrogens with two attached hydrogens (primary N) is 1. The molecule has 0 fully saturated rings. The first kappa shape index (κ1) is 13.6. The van der Waals surface area contributed by atoms with Crippen molar-refractivity contribution in [2.75, 3.05) is 13.1 Å². The van der Waals surface area contributed by atoms with E-state index in [1.54, 1.807) is 0 Å². The van der Waals surface area contributed by atoms with Crippen LogP contribution in [-0.4, -0.2) is 35.9 Å². The summed E-state index contributed by atoms with van der Waals surface area (Å²) in [6, 6.07) is 0. The maximum absolute atomic E-state index is 10.6. The highest BCUT2D eigenvalue weighted by Gasteiger charge is 2.26. The highest BCUT2D eigenvalue weighted by Crippen LogP contribution is 2.07. The van der Waals surface area contributed by atoms with Crippen LogP contribution in [0.15, 0.2) is 0 Å². The van der Waals surface area contributed by atoms with Gasteiger partial charge < -0.3 is 21.6 Å². The normalized spacial score (nSPS) is 13.5. The van der Waals surface area contributed by atoms with Crippen LogP contribution in [0.2, 0.25) is 0 Å². The van der Waals surface area contributed by atoms with Crippen LogP contribution < -0.4 is 11.1 Å². The number of hydrogen-bond donors (Lipinski definition) is 4. The number of carboxylic acids is 1. The molecule has 15 heavy (non-hydrogen) atoms. The standard InChI is InChI=1S/C10H17N3O2/c1-10(12,9(14)15)5-3-2-4-7-13-8-6-11/h6,11,13H,3,5,7-8,12H2,1H3,(H,14,15)/t10-/m0/s1. The van der Waals surface area contributed by atoms with Gasteiger partial charge in [0.15, 0.2) is 0 Å². The van der Waals surface area contributed by atoms with Crippen molar-refractivity contribution >= 4 is 12.2 Å². The molecule has 84 valence electrons. The number of carboxylic acid groups (broad SMARTS) is 1. The van der Waals surface area contributed by atoms with E-state index in [0.29, 0.717) is 25.9 Å². The molecule has 5 heteroatoms. The first-order valence-corrected chi connectivity index (χ1v) is 4.68. The first-order valence-electron chi connectivity index (χ1n) is 4.68. The molecule has 0 aliphatic carbocycles. The SMILES string of the molecule is C[C@](N)(CCC#CCNCC=N)C(=O)O. The zero-order chi connectivity index (χ0) is 11.7. The van der Waals surface area contributed by atoms with Gasteiger partial charge >= 0.3 is 5.97 Å². The van der Waals surface area contributed by atoms with Crippen LogP contribution in [0.25, 0.3) is 0 Å².